The summed E-state index contributed by atoms with van der Waals surface area (Å²) in [5.41, 5.74) is 0. The highest BCUT2D eigenvalue weighted by Crippen LogP contribution is 2.05. The number of hydrogen-bond acceptors (Lipinski definition) is 3. The molecule has 0 aliphatic heterocycles. The molecule has 0 spiro atoms. The summed E-state index contributed by atoms with van der Waals surface area (Å²) in [6, 6.07) is 0. The minimum Gasteiger partial charge on any atom is -0.351 e. The van der Waals surface area contributed by atoms with Crippen LogP contribution in [0, 0.1) is 17.4 Å². The van der Waals surface area contributed by atoms with Crippen molar-refractivity contribution in [2.75, 3.05) is 0 Å². The lowest BCUT2D eigenvalue weighted by molar-refractivity contribution is -0.141. The fourth-order valence-corrected chi connectivity index (χ4v) is 0.696. The van der Waals surface area contributed by atoms with E-state index >= 15 is 0 Å². The van der Waals surface area contributed by atoms with Gasteiger partial charge in [0.2, 0.25) is 0 Å². The number of hydrogen-bond donors (Lipinski definition) is 0. The Bertz CT molecular complexity index is 148. The van der Waals surface area contributed by atoms with Crippen molar-refractivity contribution in [2.24, 2.45) is 5.92 Å². The van der Waals surface area contributed by atoms with Crippen molar-refractivity contribution < 1.29 is 9.53 Å². The SMILES string of the molecule is CCCC(C)C(=O)OC#N. The zero-order chi connectivity index (χ0) is 7.98. The van der Waals surface area contributed by atoms with Crippen molar-refractivity contribution in [1.82, 2.24) is 0 Å². The van der Waals surface area contributed by atoms with Gasteiger partial charge in [-0.3, -0.25) is 4.79 Å². The quantitative estimate of drug-likeness (QED) is 0.441. The van der Waals surface area contributed by atoms with Gasteiger partial charge >= 0.3 is 5.97 Å². The number of nitriles is 1. The molecule has 1 unspecified atom stereocenters. The second kappa shape index (κ2) is 4.80. The van der Waals surface area contributed by atoms with Crippen LogP contribution in [0.4, 0.5) is 0 Å². The fourth-order valence-electron chi connectivity index (χ4n) is 0.696. The summed E-state index contributed by atoms with van der Waals surface area (Å²) in [6.45, 7) is 3.74. The number of nitrogens with zero attached hydrogens (tertiary/aromatic N) is 1. The van der Waals surface area contributed by atoms with Crippen molar-refractivity contribution in [1.29, 1.82) is 5.26 Å². The number of esters is 1. The first-order valence-corrected chi connectivity index (χ1v) is 3.32. The molecule has 0 aromatic carbocycles. The largest absolute Gasteiger partial charge is 0.351 e. The molecule has 0 aromatic heterocycles. The molecule has 0 saturated carbocycles. The average molecular weight is 141 g/mol. The van der Waals surface area contributed by atoms with E-state index in [-0.39, 0.29) is 5.92 Å². The smallest absolute Gasteiger partial charge is 0.324 e. The molecule has 56 valence electrons. The van der Waals surface area contributed by atoms with Gasteiger partial charge in [-0.05, 0) is 6.42 Å². The second-order valence-corrected chi connectivity index (χ2v) is 2.20. The molecule has 0 bridgehead atoms. The highest BCUT2D eigenvalue weighted by molar-refractivity contribution is 5.72. The van der Waals surface area contributed by atoms with Crippen LogP contribution in [-0.2, 0) is 9.53 Å². The van der Waals surface area contributed by atoms with Crippen LogP contribution in [0.15, 0.2) is 0 Å². The summed E-state index contributed by atoms with van der Waals surface area (Å²) < 4.78 is 4.12. The van der Waals surface area contributed by atoms with Gasteiger partial charge in [-0.1, -0.05) is 20.3 Å². The summed E-state index contributed by atoms with van der Waals surface area (Å²) in [4.78, 5) is 10.7. The summed E-state index contributed by atoms with van der Waals surface area (Å²) >= 11 is 0. The van der Waals surface area contributed by atoms with E-state index in [1.54, 1.807) is 6.92 Å². The van der Waals surface area contributed by atoms with Crippen molar-refractivity contribution in [3.63, 3.8) is 0 Å². The maximum Gasteiger partial charge on any atom is 0.324 e. The van der Waals surface area contributed by atoms with Crippen LogP contribution in [0.5, 0.6) is 0 Å². The van der Waals surface area contributed by atoms with Crippen LogP contribution in [0.1, 0.15) is 26.7 Å². The average Bonchev–Trinajstić information content (AvgIpc) is 1.89. The molecule has 0 N–H and O–H groups in total. The van der Waals surface area contributed by atoms with Crippen molar-refractivity contribution in [2.45, 2.75) is 26.7 Å². The number of carbonyl (C=O) groups is 1. The van der Waals surface area contributed by atoms with E-state index in [0.717, 1.165) is 12.8 Å². The van der Waals surface area contributed by atoms with Crippen LogP contribution < -0.4 is 0 Å². The predicted octanol–water partition coefficient (Wildman–Crippen LogP) is 1.45. The topological polar surface area (TPSA) is 50.1 Å². The number of ether oxygens (including phenoxy) is 1. The zero-order valence-corrected chi connectivity index (χ0v) is 6.26. The lowest BCUT2D eigenvalue weighted by Gasteiger charge is -2.02. The lowest BCUT2D eigenvalue weighted by atomic mass is 10.1. The molecule has 0 rings (SSSR count). The van der Waals surface area contributed by atoms with Gasteiger partial charge in [-0.25, -0.2) is 0 Å². The van der Waals surface area contributed by atoms with Gasteiger partial charge in [0.05, 0.1) is 5.92 Å². The third kappa shape index (κ3) is 3.08. The third-order valence-corrected chi connectivity index (χ3v) is 1.27. The van der Waals surface area contributed by atoms with Gasteiger partial charge in [0.25, 0.3) is 6.26 Å². The molecular formula is C7H11NO2. The second-order valence-electron chi connectivity index (χ2n) is 2.20. The van der Waals surface area contributed by atoms with Crippen molar-refractivity contribution >= 4 is 5.97 Å². The molecule has 0 radical (unpaired) electrons. The van der Waals surface area contributed by atoms with E-state index in [2.05, 4.69) is 4.74 Å². The van der Waals surface area contributed by atoms with Gasteiger partial charge in [-0.2, -0.15) is 0 Å². The van der Waals surface area contributed by atoms with E-state index in [1.165, 1.54) is 6.26 Å². The molecule has 10 heavy (non-hydrogen) atoms. The summed E-state index contributed by atoms with van der Waals surface area (Å²) in [5.74, 6) is -0.575. The maximum absolute atomic E-state index is 10.7. The van der Waals surface area contributed by atoms with Gasteiger partial charge in [0, 0.05) is 0 Å². The van der Waals surface area contributed by atoms with E-state index < -0.39 is 5.97 Å². The Kier molecular flexibility index (Phi) is 4.30. The summed E-state index contributed by atoms with van der Waals surface area (Å²) in [5, 5.41) is 7.96. The fraction of sp³-hybridized carbons (Fsp3) is 0.714. The Morgan fingerprint density at radius 3 is 2.80 bits per heavy atom. The zero-order valence-electron chi connectivity index (χ0n) is 6.26. The molecule has 0 aliphatic carbocycles. The highest BCUT2D eigenvalue weighted by Gasteiger charge is 2.12. The van der Waals surface area contributed by atoms with Crippen LogP contribution >= 0.6 is 0 Å². The first-order valence-electron chi connectivity index (χ1n) is 3.32. The summed E-state index contributed by atoms with van der Waals surface area (Å²) in [6.07, 6.45) is 3.07. The highest BCUT2D eigenvalue weighted by atomic mass is 16.5. The first-order chi connectivity index (χ1) is 4.72. The van der Waals surface area contributed by atoms with Crippen molar-refractivity contribution in [3.05, 3.63) is 0 Å². The Balaban J connectivity index is 3.62. The van der Waals surface area contributed by atoms with Crippen LogP contribution in [0.2, 0.25) is 0 Å². The normalized spacial score (nSPS) is 11.7. The predicted molar refractivity (Wildman–Crippen MR) is 35.8 cm³/mol. The third-order valence-electron chi connectivity index (χ3n) is 1.27. The Morgan fingerprint density at radius 2 is 2.40 bits per heavy atom. The van der Waals surface area contributed by atoms with E-state index in [0.29, 0.717) is 0 Å². The molecule has 0 fully saturated rings. The standard InChI is InChI=1S/C7H11NO2/c1-3-4-6(2)7(9)10-5-8/h6H,3-4H2,1-2H3. The molecule has 0 aliphatic rings. The molecule has 0 heterocycles. The number of carbonyl (C=O) groups excluding carboxylic acids is 1. The minimum absolute atomic E-state index is 0.148. The molecule has 1 atom stereocenters. The van der Waals surface area contributed by atoms with E-state index in [1.807, 2.05) is 6.92 Å². The lowest BCUT2D eigenvalue weighted by Crippen LogP contribution is -2.11. The van der Waals surface area contributed by atoms with Crippen molar-refractivity contribution in [3.8, 4) is 6.26 Å². The van der Waals surface area contributed by atoms with Gasteiger partial charge in [0.1, 0.15) is 0 Å². The van der Waals surface area contributed by atoms with Gasteiger partial charge in [0.15, 0.2) is 0 Å². The molecule has 0 aromatic rings. The maximum atomic E-state index is 10.7. The van der Waals surface area contributed by atoms with Gasteiger partial charge in [-0.15, -0.1) is 5.26 Å². The monoisotopic (exact) mass is 141 g/mol. The first kappa shape index (κ1) is 8.96. The molecule has 3 nitrogen and oxygen atoms in total. The molecule has 0 amide bonds. The van der Waals surface area contributed by atoms with E-state index in [4.69, 9.17) is 5.26 Å². The Labute approximate surface area is 60.6 Å². The molecule has 0 saturated heterocycles. The van der Waals surface area contributed by atoms with Crippen LogP contribution in [0.3, 0.4) is 0 Å². The van der Waals surface area contributed by atoms with Gasteiger partial charge < -0.3 is 4.74 Å². The van der Waals surface area contributed by atoms with Crippen LogP contribution in [-0.4, -0.2) is 5.97 Å². The Hall–Kier alpha value is -1.04. The van der Waals surface area contributed by atoms with Crippen LogP contribution in [0.25, 0.3) is 0 Å². The summed E-state index contributed by atoms with van der Waals surface area (Å²) in [7, 11) is 0. The molecular weight excluding hydrogens is 130 g/mol. The Morgan fingerprint density at radius 1 is 1.80 bits per heavy atom. The number of rotatable bonds is 3. The molecule has 3 heteroatoms. The van der Waals surface area contributed by atoms with E-state index in [9.17, 15) is 4.79 Å². The minimum atomic E-state index is -0.427.